The van der Waals surface area contributed by atoms with Crippen LogP contribution in [0.4, 0.5) is 4.39 Å². The van der Waals surface area contributed by atoms with Crippen LogP contribution in [0.5, 0.6) is 0 Å². The fourth-order valence-corrected chi connectivity index (χ4v) is 3.48. The monoisotopic (exact) mass is 377 g/mol. The van der Waals surface area contributed by atoms with E-state index in [1.54, 1.807) is 12.1 Å². The van der Waals surface area contributed by atoms with Crippen molar-refractivity contribution in [2.45, 2.75) is 52.0 Å². The van der Waals surface area contributed by atoms with Crippen LogP contribution < -0.4 is 10.6 Å². The lowest BCUT2D eigenvalue weighted by Crippen LogP contribution is -2.50. The van der Waals surface area contributed by atoms with Gasteiger partial charge in [-0.2, -0.15) is 0 Å². The van der Waals surface area contributed by atoms with E-state index in [1.165, 1.54) is 12.1 Å². The second-order valence-corrected chi connectivity index (χ2v) is 7.40. The average molecular weight is 378 g/mol. The molecule has 0 spiro atoms. The second kappa shape index (κ2) is 11.0. The van der Waals surface area contributed by atoms with Crippen molar-refractivity contribution < 1.29 is 14.0 Å². The molecule has 0 aliphatic carbocycles. The Morgan fingerprint density at radius 1 is 1.26 bits per heavy atom. The number of carbonyl (C=O) groups is 2. The highest BCUT2D eigenvalue weighted by Gasteiger charge is 2.27. The van der Waals surface area contributed by atoms with E-state index in [2.05, 4.69) is 15.5 Å². The number of hydrogen-bond acceptors (Lipinski definition) is 3. The zero-order valence-electron chi connectivity index (χ0n) is 16.5. The summed E-state index contributed by atoms with van der Waals surface area (Å²) in [4.78, 5) is 26.3. The van der Waals surface area contributed by atoms with Crippen molar-refractivity contribution in [2.24, 2.45) is 5.92 Å². The highest BCUT2D eigenvalue weighted by atomic mass is 19.1. The van der Waals surface area contributed by atoms with Crippen LogP contribution in [0.3, 0.4) is 0 Å². The van der Waals surface area contributed by atoms with Gasteiger partial charge in [-0.1, -0.05) is 19.1 Å². The van der Waals surface area contributed by atoms with E-state index in [0.717, 1.165) is 37.9 Å². The molecule has 0 bridgehead atoms. The molecule has 1 aromatic carbocycles. The number of nitrogens with zero attached hydrogens (tertiary/aromatic N) is 1. The fraction of sp³-hybridized carbons (Fsp3) is 0.619. The zero-order chi connectivity index (χ0) is 19.6. The molecule has 0 saturated carbocycles. The Labute approximate surface area is 161 Å². The Morgan fingerprint density at radius 2 is 2.00 bits per heavy atom. The Morgan fingerprint density at radius 3 is 2.70 bits per heavy atom. The minimum atomic E-state index is -0.248. The summed E-state index contributed by atoms with van der Waals surface area (Å²) >= 11 is 0. The fourth-order valence-electron chi connectivity index (χ4n) is 3.48. The molecule has 1 aliphatic heterocycles. The van der Waals surface area contributed by atoms with E-state index < -0.39 is 0 Å². The minimum absolute atomic E-state index is 0.0211. The molecule has 2 amide bonds. The Bertz CT molecular complexity index is 606. The quantitative estimate of drug-likeness (QED) is 0.695. The summed E-state index contributed by atoms with van der Waals surface area (Å²) in [6, 6.07) is 6.17. The number of carbonyl (C=O) groups excluding carboxylic acids is 2. The van der Waals surface area contributed by atoms with Gasteiger partial charge >= 0.3 is 0 Å². The predicted molar refractivity (Wildman–Crippen MR) is 105 cm³/mol. The van der Waals surface area contributed by atoms with Crippen LogP contribution >= 0.6 is 0 Å². The topological polar surface area (TPSA) is 61.4 Å². The molecule has 0 radical (unpaired) electrons. The summed E-state index contributed by atoms with van der Waals surface area (Å²) < 4.78 is 12.9. The van der Waals surface area contributed by atoms with Crippen molar-refractivity contribution in [2.75, 3.05) is 26.2 Å². The third-order valence-electron chi connectivity index (χ3n) is 5.17. The number of piperidine rings is 1. The summed E-state index contributed by atoms with van der Waals surface area (Å²) in [5, 5.41) is 5.99. The first-order valence-electron chi connectivity index (χ1n) is 10.0. The second-order valence-electron chi connectivity index (χ2n) is 7.40. The number of nitrogens with one attached hydrogen (secondary N) is 2. The van der Waals surface area contributed by atoms with Gasteiger partial charge < -0.3 is 10.6 Å². The number of hydrogen-bond donors (Lipinski definition) is 2. The first kappa shape index (κ1) is 21.4. The predicted octanol–water partition coefficient (Wildman–Crippen LogP) is 2.50. The van der Waals surface area contributed by atoms with Crippen molar-refractivity contribution in [3.63, 3.8) is 0 Å². The molecule has 6 heteroatoms. The van der Waals surface area contributed by atoms with Gasteiger partial charge in [0.25, 0.3) is 0 Å². The van der Waals surface area contributed by atoms with Crippen LogP contribution in [-0.2, 0) is 16.0 Å². The highest BCUT2D eigenvalue weighted by Crippen LogP contribution is 2.18. The molecule has 1 heterocycles. The highest BCUT2D eigenvalue weighted by molar-refractivity contribution is 5.81. The first-order valence-corrected chi connectivity index (χ1v) is 10.0. The lowest BCUT2D eigenvalue weighted by Gasteiger charge is -2.36. The van der Waals surface area contributed by atoms with Gasteiger partial charge in [0.1, 0.15) is 5.82 Å². The third-order valence-corrected chi connectivity index (χ3v) is 5.17. The van der Waals surface area contributed by atoms with Crippen molar-refractivity contribution in [1.82, 2.24) is 15.5 Å². The van der Waals surface area contributed by atoms with Crippen molar-refractivity contribution in [1.29, 1.82) is 0 Å². The summed E-state index contributed by atoms with van der Waals surface area (Å²) in [6.45, 7) is 6.90. The van der Waals surface area contributed by atoms with Crippen LogP contribution in [0.25, 0.3) is 0 Å². The molecular formula is C21H32FN3O2. The van der Waals surface area contributed by atoms with Gasteiger partial charge in [0.05, 0.1) is 6.04 Å². The van der Waals surface area contributed by atoms with Gasteiger partial charge in [0.2, 0.25) is 11.8 Å². The SMILES string of the molecule is CCCC(=O)NCC1CCCN(C(C)C(=O)NCCc2ccc(F)cc2)C1. The molecule has 5 nitrogen and oxygen atoms in total. The van der Waals surface area contributed by atoms with E-state index in [4.69, 9.17) is 0 Å². The number of rotatable bonds is 9. The number of benzene rings is 1. The molecule has 1 fully saturated rings. The third kappa shape index (κ3) is 7.29. The van der Waals surface area contributed by atoms with Crippen LogP contribution in [0.15, 0.2) is 24.3 Å². The maximum atomic E-state index is 12.9. The molecule has 27 heavy (non-hydrogen) atoms. The smallest absolute Gasteiger partial charge is 0.237 e. The molecule has 2 N–H and O–H groups in total. The number of likely N-dealkylation sites (tertiary alicyclic amines) is 1. The molecule has 2 rings (SSSR count). The molecule has 2 unspecified atom stereocenters. The van der Waals surface area contributed by atoms with Gasteiger partial charge in [-0.05, 0) is 62.8 Å². The lowest BCUT2D eigenvalue weighted by atomic mass is 9.96. The number of halogens is 1. The van der Waals surface area contributed by atoms with Crippen LogP contribution in [0.1, 0.15) is 45.1 Å². The van der Waals surface area contributed by atoms with Gasteiger partial charge in [-0.25, -0.2) is 4.39 Å². The van der Waals surface area contributed by atoms with E-state index in [-0.39, 0.29) is 23.7 Å². The maximum absolute atomic E-state index is 12.9. The van der Waals surface area contributed by atoms with Crippen molar-refractivity contribution in [3.05, 3.63) is 35.6 Å². The van der Waals surface area contributed by atoms with Crippen LogP contribution in [-0.4, -0.2) is 48.9 Å². The van der Waals surface area contributed by atoms with Crippen molar-refractivity contribution in [3.8, 4) is 0 Å². The Kier molecular flexibility index (Phi) is 8.72. The minimum Gasteiger partial charge on any atom is -0.356 e. The van der Waals surface area contributed by atoms with Crippen LogP contribution in [0.2, 0.25) is 0 Å². The molecule has 1 saturated heterocycles. The summed E-state index contributed by atoms with van der Waals surface area (Å²) in [7, 11) is 0. The summed E-state index contributed by atoms with van der Waals surface area (Å²) in [5.74, 6) is 0.282. The first-order chi connectivity index (χ1) is 13.0. The molecule has 1 aliphatic rings. The van der Waals surface area contributed by atoms with E-state index >= 15 is 0 Å². The van der Waals surface area contributed by atoms with Crippen LogP contribution in [0, 0.1) is 11.7 Å². The van der Waals surface area contributed by atoms with E-state index in [9.17, 15) is 14.0 Å². The lowest BCUT2D eigenvalue weighted by molar-refractivity contribution is -0.127. The molecule has 0 aromatic heterocycles. The zero-order valence-corrected chi connectivity index (χ0v) is 16.5. The average Bonchev–Trinajstić information content (AvgIpc) is 2.67. The van der Waals surface area contributed by atoms with Gasteiger partial charge in [0, 0.05) is 26.1 Å². The van der Waals surface area contributed by atoms with E-state index in [1.807, 2.05) is 13.8 Å². The Balaban J connectivity index is 1.72. The van der Waals surface area contributed by atoms with Gasteiger partial charge in [-0.15, -0.1) is 0 Å². The molecular weight excluding hydrogens is 345 g/mol. The largest absolute Gasteiger partial charge is 0.356 e. The summed E-state index contributed by atoms with van der Waals surface area (Å²) in [5.41, 5.74) is 1.00. The standard InChI is InChI=1S/C21H32FN3O2/c1-3-5-20(26)24-14-18-6-4-13-25(15-18)16(2)21(27)23-12-11-17-7-9-19(22)10-8-17/h7-10,16,18H,3-6,11-15H2,1-2H3,(H,23,27)(H,24,26). The Hall–Kier alpha value is -1.95. The molecule has 2 atom stereocenters. The van der Waals surface area contributed by atoms with Gasteiger partial charge in [-0.3, -0.25) is 14.5 Å². The van der Waals surface area contributed by atoms with Gasteiger partial charge in [0.15, 0.2) is 0 Å². The van der Waals surface area contributed by atoms with E-state index in [0.29, 0.717) is 31.8 Å². The normalized spacial score (nSPS) is 18.7. The van der Waals surface area contributed by atoms with Crippen molar-refractivity contribution >= 4 is 11.8 Å². The maximum Gasteiger partial charge on any atom is 0.237 e. The molecule has 1 aromatic rings. The number of amides is 2. The molecule has 150 valence electrons. The summed E-state index contributed by atoms with van der Waals surface area (Å²) in [6.07, 6.45) is 4.25.